The molecule has 2 amide bonds. The third kappa shape index (κ3) is 2.64. The zero-order valence-electron chi connectivity index (χ0n) is 12.6. The van der Waals surface area contributed by atoms with E-state index in [1.54, 1.807) is 12.4 Å². The number of aromatic nitrogens is 1. The maximum Gasteiger partial charge on any atom is 0.320 e. The number of ether oxygens (including phenoxy) is 1. The second-order valence-electron chi connectivity index (χ2n) is 6.46. The Morgan fingerprint density at radius 2 is 2.14 bits per heavy atom. The topological polar surface area (TPSA) is 45.7 Å². The first-order chi connectivity index (χ1) is 10.7. The van der Waals surface area contributed by atoms with Gasteiger partial charge in [0.1, 0.15) is 11.9 Å². The van der Waals surface area contributed by atoms with Crippen LogP contribution in [0.15, 0.2) is 24.5 Å². The molecule has 0 saturated carbocycles. The first kappa shape index (κ1) is 14.2. The summed E-state index contributed by atoms with van der Waals surface area (Å²) in [5.41, 5.74) is 0. The minimum atomic E-state index is 0.224. The molecular formula is C16H21N3O2S. The van der Waals surface area contributed by atoms with Gasteiger partial charge in [-0.25, -0.2) is 4.79 Å². The number of rotatable bonds is 2. The number of amides is 2. The Labute approximate surface area is 135 Å². The number of hydrogen-bond acceptors (Lipinski definition) is 4. The van der Waals surface area contributed by atoms with Gasteiger partial charge in [-0.05, 0) is 25.0 Å². The highest BCUT2D eigenvalue weighted by Gasteiger charge is 2.52. The van der Waals surface area contributed by atoms with Crippen LogP contribution in [0.2, 0.25) is 0 Å². The van der Waals surface area contributed by atoms with Crippen LogP contribution in [0.3, 0.4) is 0 Å². The number of carbonyl (C=O) groups excluding carboxylic acids is 1. The Morgan fingerprint density at radius 3 is 2.86 bits per heavy atom. The van der Waals surface area contributed by atoms with Gasteiger partial charge in [0.25, 0.3) is 0 Å². The highest BCUT2D eigenvalue weighted by molar-refractivity contribution is 8.01. The molecule has 3 fully saturated rings. The van der Waals surface area contributed by atoms with Crippen LogP contribution in [0.1, 0.15) is 19.3 Å². The summed E-state index contributed by atoms with van der Waals surface area (Å²) in [4.78, 5) is 20.4. The van der Waals surface area contributed by atoms with Crippen molar-refractivity contribution in [3.8, 4) is 5.75 Å². The van der Waals surface area contributed by atoms with E-state index in [0.29, 0.717) is 0 Å². The van der Waals surface area contributed by atoms with E-state index < -0.39 is 0 Å². The summed E-state index contributed by atoms with van der Waals surface area (Å²) in [6.45, 7) is 3.62. The highest BCUT2D eigenvalue weighted by atomic mass is 32.2. The number of urea groups is 1. The van der Waals surface area contributed by atoms with Gasteiger partial charge >= 0.3 is 6.03 Å². The van der Waals surface area contributed by atoms with Gasteiger partial charge in [0, 0.05) is 44.5 Å². The molecule has 0 radical (unpaired) electrons. The Morgan fingerprint density at radius 1 is 1.32 bits per heavy atom. The first-order valence-corrected chi connectivity index (χ1v) is 8.97. The van der Waals surface area contributed by atoms with E-state index in [0.717, 1.165) is 56.9 Å². The lowest BCUT2D eigenvalue weighted by Gasteiger charge is -2.48. The summed E-state index contributed by atoms with van der Waals surface area (Å²) in [5.74, 6) is 1.84. The van der Waals surface area contributed by atoms with Gasteiger partial charge in [-0.2, -0.15) is 0 Å². The molecule has 6 heteroatoms. The van der Waals surface area contributed by atoms with Gasteiger partial charge < -0.3 is 14.5 Å². The zero-order chi connectivity index (χ0) is 15.0. The Bertz CT molecular complexity index is 542. The second-order valence-corrected chi connectivity index (χ2v) is 7.95. The highest BCUT2D eigenvalue weighted by Crippen LogP contribution is 2.46. The molecule has 1 aromatic heterocycles. The van der Waals surface area contributed by atoms with Crippen molar-refractivity contribution < 1.29 is 9.53 Å². The molecule has 118 valence electrons. The van der Waals surface area contributed by atoms with Crippen LogP contribution in [0.5, 0.6) is 5.75 Å². The maximum absolute atomic E-state index is 12.3. The van der Waals surface area contributed by atoms with Crippen LogP contribution in [-0.2, 0) is 0 Å². The van der Waals surface area contributed by atoms with Gasteiger partial charge in [0.2, 0.25) is 0 Å². The fraction of sp³-hybridized carbons (Fsp3) is 0.625. The van der Waals surface area contributed by atoms with Crippen LogP contribution in [0.25, 0.3) is 0 Å². The predicted octanol–water partition coefficient (Wildman–Crippen LogP) is 2.24. The van der Waals surface area contributed by atoms with Gasteiger partial charge in [-0.1, -0.05) is 0 Å². The van der Waals surface area contributed by atoms with E-state index in [4.69, 9.17) is 4.74 Å². The molecule has 1 unspecified atom stereocenters. The lowest BCUT2D eigenvalue weighted by Crippen LogP contribution is -2.63. The van der Waals surface area contributed by atoms with E-state index in [1.807, 2.05) is 33.7 Å². The molecule has 3 saturated heterocycles. The normalized spacial score (nSPS) is 26.3. The van der Waals surface area contributed by atoms with Gasteiger partial charge in [0.05, 0.1) is 10.9 Å². The number of pyridine rings is 1. The largest absolute Gasteiger partial charge is 0.488 e. The van der Waals surface area contributed by atoms with Gasteiger partial charge in [-0.15, -0.1) is 11.8 Å². The molecule has 1 atom stereocenters. The minimum absolute atomic E-state index is 0.224. The van der Waals surface area contributed by atoms with Crippen LogP contribution in [0, 0.1) is 0 Å². The van der Waals surface area contributed by atoms with Crippen molar-refractivity contribution in [2.75, 3.05) is 31.9 Å². The van der Waals surface area contributed by atoms with Crippen molar-refractivity contribution in [1.82, 2.24) is 14.8 Å². The lowest BCUT2D eigenvalue weighted by molar-refractivity contribution is 0.0949. The monoisotopic (exact) mass is 319 g/mol. The lowest BCUT2D eigenvalue weighted by atomic mass is 9.93. The fourth-order valence-corrected chi connectivity index (χ4v) is 5.12. The number of hydrogen-bond donors (Lipinski definition) is 0. The standard InChI is InChI=1S/C16H21N3O2S/c20-15(18-6-1-2-7-18)19-11-16(12-19)8-14(10-22-16)21-13-4-3-5-17-9-13/h3-5,9,14H,1-2,6-8,10-12H2. The van der Waals surface area contributed by atoms with Crippen molar-refractivity contribution in [3.05, 3.63) is 24.5 Å². The summed E-state index contributed by atoms with van der Waals surface area (Å²) >= 11 is 1.96. The fourth-order valence-electron chi connectivity index (χ4n) is 3.60. The Balaban J connectivity index is 1.29. The molecular weight excluding hydrogens is 298 g/mol. The molecule has 22 heavy (non-hydrogen) atoms. The van der Waals surface area contributed by atoms with Crippen molar-refractivity contribution in [3.63, 3.8) is 0 Å². The number of thioether (sulfide) groups is 1. The van der Waals surface area contributed by atoms with Crippen LogP contribution in [-0.4, -0.2) is 63.6 Å². The SMILES string of the molecule is O=C(N1CCCC1)N1CC2(CC(Oc3cccnc3)CS2)C1. The summed E-state index contributed by atoms with van der Waals surface area (Å²) in [6.07, 6.45) is 7.08. The molecule has 0 bridgehead atoms. The Kier molecular flexibility index (Phi) is 3.64. The molecule has 1 aromatic rings. The van der Waals surface area contributed by atoms with Crippen molar-refractivity contribution in [2.24, 2.45) is 0 Å². The molecule has 3 aliphatic heterocycles. The van der Waals surface area contributed by atoms with Gasteiger partial charge in [-0.3, -0.25) is 4.98 Å². The third-order valence-corrected chi connectivity index (χ3v) is 6.29. The quantitative estimate of drug-likeness (QED) is 0.839. The van der Waals surface area contributed by atoms with Gasteiger partial charge in [0.15, 0.2) is 0 Å². The number of likely N-dealkylation sites (tertiary alicyclic amines) is 2. The van der Waals surface area contributed by atoms with Crippen LogP contribution in [0.4, 0.5) is 4.79 Å². The summed E-state index contributed by atoms with van der Waals surface area (Å²) in [5, 5.41) is 0. The molecule has 1 spiro atoms. The third-order valence-electron chi connectivity index (χ3n) is 4.72. The second kappa shape index (κ2) is 5.65. The summed E-state index contributed by atoms with van der Waals surface area (Å²) < 4.78 is 6.23. The van der Waals surface area contributed by atoms with Crippen molar-refractivity contribution in [1.29, 1.82) is 0 Å². The summed E-state index contributed by atoms with van der Waals surface area (Å²) in [6, 6.07) is 4.08. The van der Waals surface area contributed by atoms with E-state index >= 15 is 0 Å². The number of nitrogens with zero attached hydrogens (tertiary/aromatic N) is 3. The average molecular weight is 319 g/mol. The predicted molar refractivity (Wildman–Crippen MR) is 86.2 cm³/mol. The maximum atomic E-state index is 12.3. The molecule has 0 aromatic carbocycles. The molecule has 4 rings (SSSR count). The molecule has 0 N–H and O–H groups in total. The smallest absolute Gasteiger partial charge is 0.320 e. The average Bonchev–Trinajstić information content (AvgIpc) is 3.16. The van der Waals surface area contributed by atoms with E-state index in [2.05, 4.69) is 4.98 Å². The van der Waals surface area contributed by atoms with E-state index in [1.165, 1.54) is 0 Å². The molecule has 3 aliphatic rings. The van der Waals surface area contributed by atoms with Crippen molar-refractivity contribution >= 4 is 17.8 Å². The molecule has 5 nitrogen and oxygen atoms in total. The molecule has 4 heterocycles. The number of carbonyl (C=O) groups is 1. The summed E-state index contributed by atoms with van der Waals surface area (Å²) in [7, 11) is 0. The van der Waals surface area contributed by atoms with Crippen LogP contribution >= 0.6 is 11.8 Å². The zero-order valence-corrected chi connectivity index (χ0v) is 13.4. The van der Waals surface area contributed by atoms with E-state index in [9.17, 15) is 4.79 Å². The van der Waals surface area contributed by atoms with Crippen molar-refractivity contribution in [2.45, 2.75) is 30.1 Å². The van der Waals surface area contributed by atoms with Crippen LogP contribution < -0.4 is 4.74 Å². The first-order valence-electron chi connectivity index (χ1n) is 7.99. The van der Waals surface area contributed by atoms with E-state index in [-0.39, 0.29) is 16.9 Å². The Hall–Kier alpha value is -1.43. The minimum Gasteiger partial charge on any atom is -0.488 e. The molecule has 0 aliphatic carbocycles.